The molecule has 0 radical (unpaired) electrons. The number of thioether (sulfide) groups is 1. The van der Waals surface area contributed by atoms with E-state index in [2.05, 4.69) is 11.0 Å². The Morgan fingerprint density at radius 3 is 2.39 bits per heavy atom. The molecule has 160 valence electrons. The van der Waals surface area contributed by atoms with Crippen LogP contribution in [0, 0.1) is 17.2 Å². The Morgan fingerprint density at radius 2 is 1.71 bits per heavy atom. The van der Waals surface area contributed by atoms with E-state index in [-0.39, 0.29) is 24.2 Å². The highest BCUT2D eigenvalue weighted by Crippen LogP contribution is 2.28. The van der Waals surface area contributed by atoms with Crippen LogP contribution < -0.4 is 9.80 Å². The summed E-state index contributed by atoms with van der Waals surface area (Å²) in [7, 11) is 0. The Kier molecular flexibility index (Phi) is 6.47. The molecule has 2 aromatic rings. The van der Waals surface area contributed by atoms with E-state index in [0.29, 0.717) is 25.2 Å². The lowest BCUT2D eigenvalue weighted by atomic mass is 10.1. The van der Waals surface area contributed by atoms with E-state index in [9.17, 15) is 9.59 Å². The lowest BCUT2D eigenvalue weighted by Gasteiger charge is -2.25. The average Bonchev–Trinajstić information content (AvgIpc) is 3.04. The summed E-state index contributed by atoms with van der Waals surface area (Å²) in [5.74, 6) is -0.184. The first-order chi connectivity index (χ1) is 15.1. The number of hydrogen-bond acceptors (Lipinski definition) is 5. The van der Waals surface area contributed by atoms with Crippen molar-refractivity contribution in [1.82, 2.24) is 4.90 Å². The molecule has 31 heavy (non-hydrogen) atoms. The number of benzene rings is 2. The average molecular weight is 435 g/mol. The van der Waals surface area contributed by atoms with E-state index < -0.39 is 0 Å². The molecule has 4 rings (SSSR count). The number of nitrogens with zero attached hydrogens (tertiary/aromatic N) is 4. The third-order valence-electron chi connectivity index (χ3n) is 6.03. The lowest BCUT2D eigenvalue weighted by molar-refractivity contribution is -0.135. The van der Waals surface area contributed by atoms with Crippen molar-refractivity contribution in [3.8, 4) is 6.07 Å². The highest BCUT2D eigenvalue weighted by molar-refractivity contribution is 7.98. The molecule has 0 spiro atoms. The summed E-state index contributed by atoms with van der Waals surface area (Å²) in [6.45, 7) is 3.42. The maximum Gasteiger partial charge on any atom is 0.228 e. The topological polar surface area (TPSA) is 67.7 Å². The van der Waals surface area contributed by atoms with Crippen molar-refractivity contribution >= 4 is 35.0 Å². The summed E-state index contributed by atoms with van der Waals surface area (Å²) >= 11 is 1.66. The van der Waals surface area contributed by atoms with Gasteiger partial charge in [0.05, 0.1) is 17.6 Å². The van der Waals surface area contributed by atoms with Gasteiger partial charge in [-0.2, -0.15) is 5.26 Å². The van der Waals surface area contributed by atoms with Gasteiger partial charge < -0.3 is 14.7 Å². The zero-order chi connectivity index (χ0) is 21.8. The van der Waals surface area contributed by atoms with Crippen LogP contribution in [0.2, 0.25) is 0 Å². The molecule has 0 saturated carbocycles. The fraction of sp³-hybridized carbons (Fsp3) is 0.375. The number of carbonyl (C=O) groups excluding carboxylic acids is 2. The van der Waals surface area contributed by atoms with Crippen LogP contribution >= 0.6 is 11.8 Å². The fourth-order valence-electron chi connectivity index (χ4n) is 4.29. The zero-order valence-corrected chi connectivity index (χ0v) is 18.5. The number of hydrogen-bond donors (Lipinski definition) is 0. The molecule has 2 aliphatic heterocycles. The highest BCUT2D eigenvalue weighted by atomic mass is 32.2. The van der Waals surface area contributed by atoms with E-state index in [1.807, 2.05) is 59.7 Å². The van der Waals surface area contributed by atoms with E-state index in [0.717, 1.165) is 35.8 Å². The molecule has 2 saturated heterocycles. The number of amides is 2. The second kappa shape index (κ2) is 9.44. The predicted molar refractivity (Wildman–Crippen MR) is 123 cm³/mol. The lowest BCUT2D eigenvalue weighted by Crippen LogP contribution is -2.40. The number of rotatable bonds is 4. The minimum Gasteiger partial charge on any atom is -0.370 e. The molecule has 6 nitrogen and oxygen atoms in total. The summed E-state index contributed by atoms with van der Waals surface area (Å²) in [6, 6.07) is 17.7. The molecule has 2 heterocycles. The Bertz CT molecular complexity index is 984. The molecule has 2 amide bonds. The molecule has 1 unspecified atom stereocenters. The first kappa shape index (κ1) is 21.3. The summed E-state index contributed by atoms with van der Waals surface area (Å²) in [5.41, 5.74) is 2.58. The van der Waals surface area contributed by atoms with Gasteiger partial charge in [-0.25, -0.2) is 0 Å². The van der Waals surface area contributed by atoms with Crippen molar-refractivity contribution in [3.05, 3.63) is 54.1 Å². The monoisotopic (exact) mass is 434 g/mol. The van der Waals surface area contributed by atoms with Crippen molar-refractivity contribution in [2.24, 2.45) is 5.92 Å². The van der Waals surface area contributed by atoms with Crippen LogP contribution in [0.5, 0.6) is 0 Å². The van der Waals surface area contributed by atoms with Crippen LogP contribution in [-0.4, -0.2) is 55.7 Å². The van der Waals surface area contributed by atoms with E-state index >= 15 is 0 Å². The minimum absolute atomic E-state index is 0.0179. The second-order valence-electron chi connectivity index (χ2n) is 7.93. The number of nitriles is 1. The van der Waals surface area contributed by atoms with Gasteiger partial charge in [-0.1, -0.05) is 0 Å². The van der Waals surface area contributed by atoms with Crippen molar-refractivity contribution in [2.45, 2.75) is 17.7 Å². The molecule has 2 aliphatic rings. The first-order valence-corrected chi connectivity index (χ1v) is 11.8. The van der Waals surface area contributed by atoms with Crippen LogP contribution in [0.25, 0.3) is 0 Å². The minimum atomic E-state index is -0.283. The fourth-order valence-corrected chi connectivity index (χ4v) is 4.69. The summed E-state index contributed by atoms with van der Waals surface area (Å²) < 4.78 is 0. The third-order valence-corrected chi connectivity index (χ3v) is 6.77. The van der Waals surface area contributed by atoms with Gasteiger partial charge in [-0.15, -0.1) is 11.8 Å². The van der Waals surface area contributed by atoms with Crippen LogP contribution in [0.3, 0.4) is 0 Å². The molecular formula is C24H26N4O2S. The zero-order valence-electron chi connectivity index (χ0n) is 17.7. The van der Waals surface area contributed by atoms with Gasteiger partial charge in [0.15, 0.2) is 0 Å². The van der Waals surface area contributed by atoms with Crippen LogP contribution in [-0.2, 0) is 9.59 Å². The second-order valence-corrected chi connectivity index (χ2v) is 8.81. The Balaban J connectivity index is 1.38. The Labute approximate surface area is 187 Å². The van der Waals surface area contributed by atoms with Gasteiger partial charge in [0, 0.05) is 55.4 Å². The highest BCUT2D eigenvalue weighted by Gasteiger charge is 2.37. The van der Waals surface area contributed by atoms with E-state index in [4.69, 9.17) is 5.26 Å². The van der Waals surface area contributed by atoms with Crippen LogP contribution in [0.4, 0.5) is 11.4 Å². The summed E-state index contributed by atoms with van der Waals surface area (Å²) in [6.07, 6.45) is 3.18. The summed E-state index contributed by atoms with van der Waals surface area (Å²) in [4.78, 5) is 32.9. The molecule has 1 atom stereocenters. The third kappa shape index (κ3) is 4.70. The molecule has 2 fully saturated rings. The van der Waals surface area contributed by atoms with Gasteiger partial charge in [0.1, 0.15) is 0 Å². The van der Waals surface area contributed by atoms with Crippen molar-refractivity contribution in [1.29, 1.82) is 5.26 Å². The largest absolute Gasteiger partial charge is 0.370 e. The SMILES string of the molecule is CSc1ccc(N2CC(C(=O)N3CCCN(c4ccc(C#N)cc4)CC3)CC2=O)cc1. The maximum absolute atomic E-state index is 13.2. The van der Waals surface area contributed by atoms with Gasteiger partial charge >= 0.3 is 0 Å². The normalized spacial score (nSPS) is 19.3. The molecular weight excluding hydrogens is 408 g/mol. The number of carbonyl (C=O) groups is 2. The molecule has 0 N–H and O–H groups in total. The first-order valence-electron chi connectivity index (χ1n) is 10.6. The Morgan fingerprint density at radius 1 is 1.00 bits per heavy atom. The standard InChI is InChI=1S/C24H26N4O2S/c1-31-22-9-7-21(8-10-22)28-17-19(15-23(28)29)24(30)27-12-2-11-26(13-14-27)20-5-3-18(16-25)4-6-20/h3-10,19H,2,11-15,17H2,1H3. The molecule has 0 aliphatic carbocycles. The van der Waals surface area contributed by atoms with Gasteiger partial charge in [0.25, 0.3) is 0 Å². The maximum atomic E-state index is 13.2. The van der Waals surface area contributed by atoms with Crippen molar-refractivity contribution in [2.75, 3.05) is 48.8 Å². The smallest absolute Gasteiger partial charge is 0.228 e. The van der Waals surface area contributed by atoms with Gasteiger partial charge in [-0.3, -0.25) is 9.59 Å². The molecule has 7 heteroatoms. The Hall–Kier alpha value is -2.98. The van der Waals surface area contributed by atoms with Crippen molar-refractivity contribution in [3.63, 3.8) is 0 Å². The van der Waals surface area contributed by atoms with E-state index in [1.165, 1.54) is 0 Å². The molecule has 0 aromatic heterocycles. The molecule has 0 bridgehead atoms. The quantitative estimate of drug-likeness (QED) is 0.690. The van der Waals surface area contributed by atoms with Gasteiger partial charge in [-0.05, 0) is 61.2 Å². The summed E-state index contributed by atoms with van der Waals surface area (Å²) in [5, 5.41) is 8.98. The van der Waals surface area contributed by atoms with E-state index in [1.54, 1.807) is 16.7 Å². The number of anilines is 2. The van der Waals surface area contributed by atoms with Gasteiger partial charge in [0.2, 0.25) is 11.8 Å². The molecule has 2 aromatic carbocycles. The van der Waals surface area contributed by atoms with Crippen LogP contribution in [0.15, 0.2) is 53.4 Å². The van der Waals surface area contributed by atoms with Crippen molar-refractivity contribution < 1.29 is 9.59 Å². The predicted octanol–water partition coefficient (Wildman–Crippen LogP) is 3.37. The van der Waals surface area contributed by atoms with Crippen LogP contribution in [0.1, 0.15) is 18.4 Å².